The lowest BCUT2D eigenvalue weighted by atomic mass is 9.95. The summed E-state index contributed by atoms with van der Waals surface area (Å²) in [6, 6.07) is 8.07. The summed E-state index contributed by atoms with van der Waals surface area (Å²) in [6.07, 6.45) is -0.359. The zero-order valence-corrected chi connectivity index (χ0v) is 15.7. The van der Waals surface area contributed by atoms with Crippen LogP contribution in [0.25, 0.3) is 0 Å². The maximum atomic E-state index is 11.7. The highest BCUT2D eigenvalue weighted by atomic mass is 79.9. The molecule has 0 heterocycles. The molecule has 22 heavy (non-hydrogen) atoms. The van der Waals surface area contributed by atoms with Gasteiger partial charge < -0.3 is 15.4 Å². The number of nitrogens with one attached hydrogen (secondary N) is 2. The van der Waals surface area contributed by atoms with E-state index in [2.05, 4.69) is 40.4 Å². The molecule has 124 valence electrons. The summed E-state index contributed by atoms with van der Waals surface area (Å²) in [7, 11) is 0. The molecule has 0 saturated heterocycles. The summed E-state index contributed by atoms with van der Waals surface area (Å²) in [5.74, 6) is 0.786. The van der Waals surface area contributed by atoms with Gasteiger partial charge in [-0.2, -0.15) is 0 Å². The van der Waals surface area contributed by atoms with Crippen molar-refractivity contribution in [1.82, 2.24) is 5.32 Å². The molecule has 0 aromatic heterocycles. The highest BCUT2D eigenvalue weighted by Crippen LogP contribution is 2.16. The third-order valence-corrected chi connectivity index (χ3v) is 3.79. The van der Waals surface area contributed by atoms with Gasteiger partial charge in [-0.1, -0.05) is 29.8 Å². The van der Waals surface area contributed by atoms with Gasteiger partial charge in [0.05, 0.1) is 0 Å². The first-order chi connectivity index (χ1) is 10.2. The van der Waals surface area contributed by atoms with Crippen LogP contribution in [0.1, 0.15) is 34.6 Å². The number of hydrogen-bond acceptors (Lipinski definition) is 3. The molecule has 1 unspecified atom stereocenters. The van der Waals surface area contributed by atoms with Crippen LogP contribution < -0.4 is 10.6 Å². The van der Waals surface area contributed by atoms with Crippen LogP contribution in [0.15, 0.2) is 28.7 Å². The van der Waals surface area contributed by atoms with Crippen molar-refractivity contribution in [2.24, 2.45) is 11.8 Å². The van der Waals surface area contributed by atoms with Crippen LogP contribution in [0.3, 0.4) is 0 Å². The second-order valence-corrected chi connectivity index (χ2v) is 7.69. The summed E-state index contributed by atoms with van der Waals surface area (Å²) < 4.78 is 6.33. The van der Waals surface area contributed by atoms with E-state index in [1.807, 2.05) is 45.0 Å². The second-order valence-electron chi connectivity index (χ2n) is 6.77. The first-order valence-corrected chi connectivity index (χ1v) is 8.43. The predicted octanol–water partition coefficient (Wildman–Crippen LogP) is 4.66. The van der Waals surface area contributed by atoms with Crippen molar-refractivity contribution >= 4 is 27.7 Å². The normalized spacial score (nSPS) is 12.9. The van der Waals surface area contributed by atoms with Gasteiger partial charge in [0.2, 0.25) is 0 Å². The van der Waals surface area contributed by atoms with E-state index in [0.717, 1.165) is 16.7 Å². The Labute approximate surface area is 142 Å². The van der Waals surface area contributed by atoms with Crippen LogP contribution in [-0.2, 0) is 4.74 Å². The standard InChI is InChI=1S/C17H27BrN2O2/c1-12(2)13(11-20-16(21)22-17(3,4)5)10-19-15-8-6-14(18)7-9-15/h6-9,12-13,19H,10-11H2,1-5H3,(H,20,21). The molecule has 0 aliphatic carbocycles. The van der Waals surface area contributed by atoms with Crippen LogP contribution in [0.5, 0.6) is 0 Å². The van der Waals surface area contributed by atoms with E-state index in [9.17, 15) is 4.79 Å². The summed E-state index contributed by atoms with van der Waals surface area (Å²) in [5, 5.41) is 6.27. The fraction of sp³-hybridized carbons (Fsp3) is 0.588. The van der Waals surface area contributed by atoms with Crippen molar-refractivity contribution in [3.8, 4) is 0 Å². The number of halogens is 1. The lowest BCUT2D eigenvalue weighted by molar-refractivity contribution is 0.0516. The molecule has 2 N–H and O–H groups in total. The van der Waals surface area contributed by atoms with E-state index in [4.69, 9.17) is 4.74 Å². The number of carbonyl (C=O) groups is 1. The number of amides is 1. The number of anilines is 1. The van der Waals surface area contributed by atoms with E-state index in [1.54, 1.807) is 0 Å². The molecule has 1 amide bonds. The predicted molar refractivity (Wildman–Crippen MR) is 95.2 cm³/mol. The Morgan fingerprint density at radius 3 is 2.27 bits per heavy atom. The number of ether oxygens (including phenoxy) is 1. The van der Waals surface area contributed by atoms with E-state index in [-0.39, 0.29) is 6.09 Å². The molecule has 0 spiro atoms. The molecule has 0 aliphatic heterocycles. The second kappa shape index (κ2) is 8.42. The van der Waals surface area contributed by atoms with Crippen LogP contribution in [0.2, 0.25) is 0 Å². The highest BCUT2D eigenvalue weighted by Gasteiger charge is 2.19. The van der Waals surface area contributed by atoms with Crippen LogP contribution in [-0.4, -0.2) is 24.8 Å². The van der Waals surface area contributed by atoms with E-state index >= 15 is 0 Å². The molecular formula is C17H27BrN2O2. The molecule has 1 rings (SSSR count). The number of benzene rings is 1. The van der Waals surface area contributed by atoms with E-state index in [1.165, 1.54) is 0 Å². The van der Waals surface area contributed by atoms with Crippen LogP contribution in [0.4, 0.5) is 10.5 Å². The quantitative estimate of drug-likeness (QED) is 0.765. The molecule has 0 aliphatic rings. The van der Waals surface area contributed by atoms with Gasteiger partial charge in [-0.15, -0.1) is 0 Å². The first-order valence-electron chi connectivity index (χ1n) is 7.63. The molecule has 0 saturated carbocycles. The zero-order chi connectivity index (χ0) is 16.8. The maximum absolute atomic E-state index is 11.7. The van der Waals surface area contributed by atoms with Gasteiger partial charge in [-0.25, -0.2) is 4.79 Å². The van der Waals surface area contributed by atoms with Crippen molar-refractivity contribution in [3.05, 3.63) is 28.7 Å². The summed E-state index contributed by atoms with van der Waals surface area (Å²) in [6.45, 7) is 11.3. The third kappa shape index (κ3) is 7.69. The minimum absolute atomic E-state index is 0.330. The average molecular weight is 371 g/mol. The van der Waals surface area contributed by atoms with Crippen molar-refractivity contribution in [3.63, 3.8) is 0 Å². The first kappa shape index (κ1) is 18.8. The Kier molecular flexibility index (Phi) is 7.20. The molecule has 0 radical (unpaired) electrons. The SMILES string of the molecule is CC(C)C(CNC(=O)OC(C)(C)C)CNc1ccc(Br)cc1. The number of hydrogen-bond donors (Lipinski definition) is 2. The summed E-state index contributed by atoms with van der Waals surface area (Å²) in [4.78, 5) is 11.7. The Morgan fingerprint density at radius 1 is 1.18 bits per heavy atom. The lowest BCUT2D eigenvalue weighted by Crippen LogP contribution is -2.38. The van der Waals surface area contributed by atoms with E-state index < -0.39 is 5.60 Å². The number of carbonyl (C=O) groups excluding carboxylic acids is 1. The third-order valence-electron chi connectivity index (χ3n) is 3.26. The van der Waals surface area contributed by atoms with Crippen LogP contribution in [0, 0.1) is 11.8 Å². The van der Waals surface area contributed by atoms with Crippen molar-refractivity contribution in [2.45, 2.75) is 40.2 Å². The Bertz CT molecular complexity index is 467. The molecule has 1 atom stereocenters. The largest absolute Gasteiger partial charge is 0.444 e. The molecule has 5 heteroatoms. The van der Waals surface area contributed by atoms with Crippen molar-refractivity contribution in [2.75, 3.05) is 18.4 Å². The number of alkyl carbamates (subject to hydrolysis) is 1. The zero-order valence-electron chi connectivity index (χ0n) is 14.1. The summed E-state index contributed by atoms with van der Waals surface area (Å²) >= 11 is 3.42. The monoisotopic (exact) mass is 370 g/mol. The van der Waals surface area contributed by atoms with Gasteiger partial charge in [0.25, 0.3) is 0 Å². The molecule has 1 aromatic rings. The topological polar surface area (TPSA) is 50.4 Å². The maximum Gasteiger partial charge on any atom is 0.407 e. The van der Waals surface area contributed by atoms with Gasteiger partial charge in [-0.3, -0.25) is 0 Å². The fourth-order valence-electron chi connectivity index (χ4n) is 1.89. The van der Waals surface area contributed by atoms with Gasteiger partial charge in [0.1, 0.15) is 5.60 Å². The molecule has 4 nitrogen and oxygen atoms in total. The van der Waals surface area contributed by atoms with Crippen molar-refractivity contribution < 1.29 is 9.53 Å². The Morgan fingerprint density at radius 2 is 1.77 bits per heavy atom. The molecular weight excluding hydrogens is 344 g/mol. The number of rotatable bonds is 6. The minimum Gasteiger partial charge on any atom is -0.444 e. The highest BCUT2D eigenvalue weighted by molar-refractivity contribution is 9.10. The Balaban J connectivity index is 2.45. The van der Waals surface area contributed by atoms with E-state index in [0.29, 0.717) is 18.4 Å². The Hall–Kier alpha value is -1.23. The molecule has 0 bridgehead atoms. The molecule has 0 fully saturated rings. The van der Waals surface area contributed by atoms with Crippen LogP contribution >= 0.6 is 15.9 Å². The summed E-state index contributed by atoms with van der Waals surface area (Å²) in [5.41, 5.74) is 0.610. The van der Waals surface area contributed by atoms with Gasteiger partial charge in [-0.05, 0) is 56.9 Å². The van der Waals surface area contributed by atoms with Crippen molar-refractivity contribution in [1.29, 1.82) is 0 Å². The van der Waals surface area contributed by atoms with Gasteiger partial charge in [0, 0.05) is 23.2 Å². The average Bonchev–Trinajstić information content (AvgIpc) is 2.38. The van der Waals surface area contributed by atoms with Gasteiger partial charge in [0.15, 0.2) is 0 Å². The smallest absolute Gasteiger partial charge is 0.407 e. The fourth-order valence-corrected chi connectivity index (χ4v) is 2.15. The lowest BCUT2D eigenvalue weighted by Gasteiger charge is -2.24. The van der Waals surface area contributed by atoms with Gasteiger partial charge >= 0.3 is 6.09 Å². The molecule has 1 aromatic carbocycles. The minimum atomic E-state index is -0.465.